The zero-order chi connectivity index (χ0) is 12.0. The van der Waals surface area contributed by atoms with Crippen molar-refractivity contribution in [2.24, 2.45) is 0 Å². The molecule has 1 N–H and O–H groups in total. The highest BCUT2D eigenvalue weighted by Crippen LogP contribution is 2.12. The summed E-state index contributed by atoms with van der Waals surface area (Å²) in [6.07, 6.45) is 0.805. The Morgan fingerprint density at radius 1 is 1.38 bits per heavy atom. The first-order chi connectivity index (χ1) is 7.65. The van der Waals surface area contributed by atoms with Crippen LogP contribution < -0.4 is 5.32 Å². The van der Waals surface area contributed by atoms with Crippen molar-refractivity contribution in [1.29, 1.82) is 0 Å². The average Bonchev–Trinajstić information content (AvgIpc) is 2.29. The van der Waals surface area contributed by atoms with Crippen molar-refractivity contribution >= 4 is 30.0 Å². The van der Waals surface area contributed by atoms with Gasteiger partial charge in [0.1, 0.15) is 5.78 Å². The molecule has 16 heavy (non-hydrogen) atoms. The number of hydrogen-bond acceptors (Lipinski definition) is 3. The number of Topliss-reactive ketones (excluding diaryl/α,β-unsaturated/α-hetero) is 1. The number of hydrogen-bond donors (Lipinski definition) is 2. The molecule has 0 aliphatic heterocycles. The van der Waals surface area contributed by atoms with Crippen LogP contribution in [0.3, 0.4) is 0 Å². The van der Waals surface area contributed by atoms with E-state index in [9.17, 15) is 9.59 Å². The van der Waals surface area contributed by atoms with Crippen LogP contribution >= 0.6 is 12.6 Å². The molecule has 4 heteroatoms. The second kappa shape index (κ2) is 6.33. The van der Waals surface area contributed by atoms with Crippen LogP contribution in [0.25, 0.3) is 0 Å². The van der Waals surface area contributed by atoms with Crippen molar-refractivity contribution in [1.82, 2.24) is 0 Å². The van der Waals surface area contributed by atoms with Crippen LogP contribution in [0, 0.1) is 0 Å². The molecule has 1 aromatic carbocycles. The first-order valence-corrected chi connectivity index (χ1v) is 5.80. The Morgan fingerprint density at radius 3 is 2.75 bits per heavy atom. The zero-order valence-electron chi connectivity index (χ0n) is 9.19. The predicted molar refractivity (Wildman–Crippen MR) is 67.9 cm³/mol. The summed E-state index contributed by atoms with van der Waals surface area (Å²) in [5, 5.41) is 2.75. The largest absolute Gasteiger partial charge is 0.326 e. The maximum Gasteiger partial charge on any atom is 0.224 e. The molecule has 1 aromatic rings. The third kappa shape index (κ3) is 4.06. The Bertz CT molecular complexity index is 357. The van der Waals surface area contributed by atoms with Crippen LogP contribution in [0.2, 0.25) is 0 Å². The van der Waals surface area contributed by atoms with Gasteiger partial charge in [0.05, 0.1) is 0 Å². The summed E-state index contributed by atoms with van der Waals surface area (Å²) in [5.41, 5.74) is 1.63. The third-order valence-electron chi connectivity index (χ3n) is 2.11. The number of benzene rings is 1. The molecule has 0 bridgehead atoms. The fourth-order valence-corrected chi connectivity index (χ4v) is 1.40. The van der Waals surface area contributed by atoms with Gasteiger partial charge in [-0.05, 0) is 17.7 Å². The summed E-state index contributed by atoms with van der Waals surface area (Å²) >= 11 is 3.92. The molecule has 1 amide bonds. The smallest absolute Gasteiger partial charge is 0.224 e. The Balaban J connectivity index is 2.71. The second-order valence-electron chi connectivity index (χ2n) is 3.48. The number of rotatable bonds is 5. The minimum atomic E-state index is -0.0299. The topological polar surface area (TPSA) is 46.2 Å². The normalized spacial score (nSPS) is 9.88. The van der Waals surface area contributed by atoms with Gasteiger partial charge in [-0.1, -0.05) is 19.1 Å². The highest BCUT2D eigenvalue weighted by Gasteiger charge is 2.03. The van der Waals surface area contributed by atoms with Crippen molar-refractivity contribution in [2.45, 2.75) is 19.8 Å². The van der Waals surface area contributed by atoms with Crippen LogP contribution in [-0.4, -0.2) is 17.4 Å². The number of ketones is 1. The SMILES string of the molecule is CCC(=O)Nc1cccc(CC(=O)CS)c1. The van der Waals surface area contributed by atoms with Gasteiger partial charge >= 0.3 is 0 Å². The average molecular weight is 237 g/mol. The van der Waals surface area contributed by atoms with Gasteiger partial charge in [-0.15, -0.1) is 0 Å². The minimum absolute atomic E-state index is 0.0299. The van der Waals surface area contributed by atoms with Gasteiger partial charge in [0.15, 0.2) is 0 Å². The van der Waals surface area contributed by atoms with Crippen LogP contribution in [0.15, 0.2) is 24.3 Å². The molecule has 0 aliphatic rings. The lowest BCUT2D eigenvalue weighted by atomic mass is 10.1. The molecule has 0 radical (unpaired) electrons. The molecule has 0 unspecified atom stereocenters. The van der Waals surface area contributed by atoms with E-state index in [1.165, 1.54) is 0 Å². The molecule has 0 saturated carbocycles. The van der Waals surface area contributed by atoms with Gasteiger partial charge in [-0.2, -0.15) is 12.6 Å². The standard InChI is InChI=1S/C12H15NO2S/c1-2-12(15)13-10-5-3-4-9(6-10)7-11(14)8-16/h3-6,16H,2,7-8H2,1H3,(H,13,15). The molecule has 86 valence electrons. The molecule has 0 aromatic heterocycles. The molecule has 0 saturated heterocycles. The molecule has 0 fully saturated rings. The van der Waals surface area contributed by atoms with Gasteiger partial charge < -0.3 is 5.32 Å². The summed E-state index contributed by atoms with van der Waals surface area (Å²) in [6, 6.07) is 7.31. The fourth-order valence-electron chi connectivity index (χ4n) is 1.29. The second-order valence-corrected chi connectivity index (χ2v) is 3.79. The van der Waals surface area contributed by atoms with Crippen molar-refractivity contribution in [3.63, 3.8) is 0 Å². The van der Waals surface area contributed by atoms with E-state index in [-0.39, 0.29) is 17.4 Å². The van der Waals surface area contributed by atoms with E-state index in [0.29, 0.717) is 12.8 Å². The minimum Gasteiger partial charge on any atom is -0.326 e. The molecule has 0 atom stereocenters. The first-order valence-electron chi connectivity index (χ1n) is 5.17. The van der Waals surface area contributed by atoms with Crippen molar-refractivity contribution in [3.8, 4) is 0 Å². The van der Waals surface area contributed by atoms with E-state index >= 15 is 0 Å². The van der Waals surface area contributed by atoms with E-state index in [1.54, 1.807) is 6.92 Å². The lowest BCUT2D eigenvalue weighted by Crippen LogP contribution is -2.10. The van der Waals surface area contributed by atoms with E-state index < -0.39 is 0 Å². The lowest BCUT2D eigenvalue weighted by molar-refractivity contribution is -0.116. The van der Waals surface area contributed by atoms with Gasteiger partial charge in [0.2, 0.25) is 5.91 Å². The van der Waals surface area contributed by atoms with Gasteiger partial charge in [0.25, 0.3) is 0 Å². The van der Waals surface area contributed by atoms with Crippen LogP contribution in [0.4, 0.5) is 5.69 Å². The Kier molecular flexibility index (Phi) is 5.05. The summed E-state index contributed by atoms with van der Waals surface area (Å²) in [7, 11) is 0. The highest BCUT2D eigenvalue weighted by atomic mass is 32.1. The van der Waals surface area contributed by atoms with Crippen LogP contribution in [0.5, 0.6) is 0 Å². The molecule has 0 spiro atoms. The zero-order valence-corrected chi connectivity index (χ0v) is 10.1. The number of carbonyl (C=O) groups excluding carboxylic acids is 2. The summed E-state index contributed by atoms with van der Waals surface area (Å²) in [4.78, 5) is 22.4. The molecular formula is C12H15NO2S. The van der Waals surface area contributed by atoms with Gasteiger partial charge in [-0.3, -0.25) is 9.59 Å². The molecular weight excluding hydrogens is 222 g/mol. The molecule has 0 heterocycles. The van der Waals surface area contributed by atoms with E-state index in [4.69, 9.17) is 0 Å². The van der Waals surface area contributed by atoms with Crippen LogP contribution in [0.1, 0.15) is 18.9 Å². The lowest BCUT2D eigenvalue weighted by Gasteiger charge is -2.05. The number of amides is 1. The van der Waals surface area contributed by atoms with E-state index in [2.05, 4.69) is 17.9 Å². The Morgan fingerprint density at radius 2 is 2.12 bits per heavy atom. The number of carbonyl (C=O) groups is 2. The van der Waals surface area contributed by atoms with Gasteiger partial charge in [0, 0.05) is 24.3 Å². The maximum absolute atomic E-state index is 11.2. The number of anilines is 1. The first kappa shape index (κ1) is 12.8. The Labute approximate surface area is 101 Å². The summed E-state index contributed by atoms with van der Waals surface area (Å²) < 4.78 is 0. The summed E-state index contributed by atoms with van der Waals surface area (Å²) in [5.74, 6) is 0.283. The third-order valence-corrected chi connectivity index (χ3v) is 2.46. The van der Waals surface area contributed by atoms with Crippen molar-refractivity contribution in [2.75, 3.05) is 11.1 Å². The quantitative estimate of drug-likeness (QED) is 0.770. The highest BCUT2D eigenvalue weighted by molar-refractivity contribution is 7.81. The number of thiol groups is 1. The monoisotopic (exact) mass is 237 g/mol. The van der Waals surface area contributed by atoms with Crippen LogP contribution in [-0.2, 0) is 16.0 Å². The molecule has 0 aliphatic carbocycles. The summed E-state index contributed by atoms with van der Waals surface area (Å²) in [6.45, 7) is 1.80. The molecule has 1 rings (SSSR count). The fraction of sp³-hybridized carbons (Fsp3) is 0.333. The van der Waals surface area contributed by atoms with E-state index in [0.717, 1.165) is 11.3 Å². The maximum atomic E-state index is 11.2. The molecule has 3 nitrogen and oxygen atoms in total. The van der Waals surface area contributed by atoms with Gasteiger partial charge in [-0.25, -0.2) is 0 Å². The number of nitrogens with one attached hydrogen (secondary N) is 1. The van der Waals surface area contributed by atoms with Crippen molar-refractivity contribution < 1.29 is 9.59 Å². The Hall–Kier alpha value is -1.29. The predicted octanol–water partition coefficient (Wildman–Crippen LogP) is 2.08. The van der Waals surface area contributed by atoms with E-state index in [1.807, 2.05) is 24.3 Å². The van der Waals surface area contributed by atoms with Crippen molar-refractivity contribution in [3.05, 3.63) is 29.8 Å².